The molecule has 0 saturated carbocycles. The van der Waals surface area contributed by atoms with E-state index in [1.165, 1.54) is 12.1 Å². The van der Waals surface area contributed by atoms with Crippen molar-refractivity contribution in [2.24, 2.45) is 0 Å². The van der Waals surface area contributed by atoms with Crippen LogP contribution in [-0.4, -0.2) is 6.29 Å². The molecule has 6 heteroatoms. The van der Waals surface area contributed by atoms with Gasteiger partial charge in [0.05, 0.1) is 5.56 Å². The standard InChI is InChI=1S/C12H6F4O2/c13-7-1-3-9(10(5-7)12(14,15)16)11-4-2-8(6-17)18-11/h1-6H. The second kappa shape index (κ2) is 4.29. The molecule has 0 N–H and O–H groups in total. The number of benzene rings is 1. The molecule has 0 saturated heterocycles. The summed E-state index contributed by atoms with van der Waals surface area (Å²) < 4.78 is 56.0. The van der Waals surface area contributed by atoms with E-state index in [9.17, 15) is 22.4 Å². The van der Waals surface area contributed by atoms with Crippen molar-refractivity contribution >= 4 is 6.29 Å². The maximum atomic E-state index is 12.9. The molecule has 0 fully saturated rings. The maximum Gasteiger partial charge on any atom is 0.417 e. The van der Waals surface area contributed by atoms with Gasteiger partial charge in [0.15, 0.2) is 12.0 Å². The summed E-state index contributed by atoms with van der Waals surface area (Å²) in [4.78, 5) is 10.4. The topological polar surface area (TPSA) is 30.2 Å². The van der Waals surface area contributed by atoms with Gasteiger partial charge >= 0.3 is 6.18 Å². The second-order valence-corrected chi connectivity index (χ2v) is 3.51. The van der Waals surface area contributed by atoms with E-state index >= 15 is 0 Å². The molecule has 1 aromatic carbocycles. The molecular formula is C12H6F4O2. The van der Waals surface area contributed by atoms with Gasteiger partial charge in [-0.25, -0.2) is 4.39 Å². The fourth-order valence-electron chi connectivity index (χ4n) is 1.53. The lowest BCUT2D eigenvalue weighted by atomic mass is 10.0. The van der Waals surface area contributed by atoms with Gasteiger partial charge in [-0.2, -0.15) is 13.2 Å². The number of carbonyl (C=O) groups excluding carboxylic acids is 1. The minimum Gasteiger partial charge on any atom is -0.453 e. The van der Waals surface area contributed by atoms with Gasteiger partial charge in [-0.3, -0.25) is 4.79 Å². The van der Waals surface area contributed by atoms with Crippen molar-refractivity contribution in [3.05, 3.63) is 47.5 Å². The third-order valence-electron chi connectivity index (χ3n) is 2.30. The quantitative estimate of drug-likeness (QED) is 0.603. The summed E-state index contributed by atoms with van der Waals surface area (Å²) in [7, 11) is 0. The van der Waals surface area contributed by atoms with Gasteiger partial charge < -0.3 is 4.42 Å². The SMILES string of the molecule is O=Cc1ccc(-c2ccc(F)cc2C(F)(F)F)o1. The molecule has 18 heavy (non-hydrogen) atoms. The minimum absolute atomic E-state index is 0.0950. The Kier molecular flexibility index (Phi) is 2.94. The Bertz CT molecular complexity index is 584. The molecule has 1 aromatic heterocycles. The van der Waals surface area contributed by atoms with Gasteiger partial charge in [-0.15, -0.1) is 0 Å². The molecule has 94 valence electrons. The lowest BCUT2D eigenvalue weighted by molar-refractivity contribution is -0.137. The predicted molar refractivity (Wildman–Crippen MR) is 54.5 cm³/mol. The van der Waals surface area contributed by atoms with Gasteiger partial charge in [-0.1, -0.05) is 0 Å². The summed E-state index contributed by atoms with van der Waals surface area (Å²) >= 11 is 0. The molecule has 0 spiro atoms. The Morgan fingerprint density at radius 1 is 1.11 bits per heavy atom. The Balaban J connectivity index is 2.60. The van der Waals surface area contributed by atoms with Crippen LogP contribution in [0.2, 0.25) is 0 Å². The molecule has 0 aliphatic heterocycles. The van der Waals surface area contributed by atoms with Gasteiger partial charge in [0.2, 0.25) is 0 Å². The Morgan fingerprint density at radius 3 is 2.39 bits per heavy atom. The minimum atomic E-state index is -4.70. The highest BCUT2D eigenvalue weighted by molar-refractivity contribution is 5.73. The van der Waals surface area contributed by atoms with Gasteiger partial charge in [-0.05, 0) is 30.3 Å². The van der Waals surface area contributed by atoms with Crippen molar-refractivity contribution in [1.29, 1.82) is 0 Å². The van der Waals surface area contributed by atoms with Crippen LogP contribution in [0.4, 0.5) is 17.6 Å². The van der Waals surface area contributed by atoms with Crippen LogP contribution < -0.4 is 0 Å². The van der Waals surface area contributed by atoms with Crippen LogP contribution in [0.25, 0.3) is 11.3 Å². The van der Waals surface area contributed by atoms with Crippen molar-refractivity contribution in [3.63, 3.8) is 0 Å². The van der Waals surface area contributed by atoms with Crippen LogP contribution in [0.15, 0.2) is 34.7 Å². The Hall–Kier alpha value is -2.11. The molecule has 0 unspecified atom stereocenters. The molecular weight excluding hydrogens is 252 g/mol. The monoisotopic (exact) mass is 258 g/mol. The van der Waals surface area contributed by atoms with Crippen LogP contribution >= 0.6 is 0 Å². The second-order valence-electron chi connectivity index (χ2n) is 3.51. The lowest BCUT2D eigenvalue weighted by Gasteiger charge is -2.11. The first-order valence-corrected chi connectivity index (χ1v) is 4.84. The van der Waals surface area contributed by atoms with Crippen LogP contribution in [-0.2, 0) is 6.18 Å². The summed E-state index contributed by atoms with van der Waals surface area (Å²) in [6.07, 6.45) is -4.33. The number of hydrogen-bond acceptors (Lipinski definition) is 2. The summed E-state index contributed by atoms with van der Waals surface area (Å²) in [6, 6.07) is 4.72. The first kappa shape index (κ1) is 12.3. The highest BCUT2D eigenvalue weighted by Gasteiger charge is 2.34. The van der Waals surface area contributed by atoms with Crippen LogP contribution in [0.5, 0.6) is 0 Å². The Morgan fingerprint density at radius 2 is 1.83 bits per heavy atom. The van der Waals surface area contributed by atoms with Gasteiger partial charge in [0, 0.05) is 5.56 Å². The predicted octanol–water partition coefficient (Wildman–Crippen LogP) is 3.92. The van der Waals surface area contributed by atoms with Crippen molar-refractivity contribution in [2.75, 3.05) is 0 Å². The van der Waals surface area contributed by atoms with E-state index in [2.05, 4.69) is 0 Å². The van der Waals surface area contributed by atoms with Crippen molar-refractivity contribution in [1.82, 2.24) is 0 Å². The fraction of sp³-hybridized carbons (Fsp3) is 0.0833. The van der Waals surface area contributed by atoms with E-state index in [-0.39, 0.29) is 17.1 Å². The van der Waals surface area contributed by atoms with E-state index in [4.69, 9.17) is 4.42 Å². The van der Waals surface area contributed by atoms with Crippen LogP contribution in [0.1, 0.15) is 16.1 Å². The van der Waals surface area contributed by atoms with Crippen molar-refractivity contribution < 1.29 is 26.8 Å². The highest BCUT2D eigenvalue weighted by atomic mass is 19.4. The van der Waals surface area contributed by atoms with E-state index in [0.29, 0.717) is 12.4 Å². The van der Waals surface area contributed by atoms with Crippen LogP contribution in [0.3, 0.4) is 0 Å². The summed E-state index contributed by atoms with van der Waals surface area (Å²) in [5.41, 5.74) is -1.45. The number of halogens is 4. The zero-order chi connectivity index (χ0) is 13.3. The van der Waals surface area contributed by atoms with Gasteiger partial charge in [0.1, 0.15) is 11.6 Å². The molecule has 0 amide bonds. The molecule has 0 aliphatic carbocycles. The summed E-state index contributed by atoms with van der Waals surface area (Å²) in [6.45, 7) is 0. The molecule has 0 atom stereocenters. The molecule has 0 aliphatic rings. The lowest BCUT2D eigenvalue weighted by Crippen LogP contribution is -2.07. The summed E-state index contributed by atoms with van der Waals surface area (Å²) in [5, 5.41) is 0. The number of carbonyl (C=O) groups is 1. The number of rotatable bonds is 2. The molecule has 2 nitrogen and oxygen atoms in total. The normalized spacial score (nSPS) is 11.6. The number of aldehydes is 1. The zero-order valence-electron chi connectivity index (χ0n) is 8.79. The molecule has 2 aromatic rings. The van der Waals surface area contributed by atoms with Crippen LogP contribution in [0, 0.1) is 5.82 Å². The van der Waals surface area contributed by atoms with E-state index in [0.717, 1.165) is 12.1 Å². The van der Waals surface area contributed by atoms with E-state index < -0.39 is 17.6 Å². The first-order valence-electron chi connectivity index (χ1n) is 4.84. The fourth-order valence-corrected chi connectivity index (χ4v) is 1.53. The molecule has 0 bridgehead atoms. The smallest absolute Gasteiger partial charge is 0.417 e. The molecule has 2 rings (SSSR count). The average Bonchev–Trinajstić information content (AvgIpc) is 2.76. The summed E-state index contributed by atoms with van der Waals surface area (Å²) in [5.74, 6) is -1.22. The first-order chi connectivity index (χ1) is 8.41. The van der Waals surface area contributed by atoms with Crippen molar-refractivity contribution in [2.45, 2.75) is 6.18 Å². The third kappa shape index (κ3) is 2.27. The molecule has 1 heterocycles. The maximum absolute atomic E-state index is 12.9. The van der Waals surface area contributed by atoms with Gasteiger partial charge in [0.25, 0.3) is 0 Å². The number of alkyl halides is 3. The zero-order valence-corrected chi connectivity index (χ0v) is 8.79. The Labute approximate surface area is 98.8 Å². The average molecular weight is 258 g/mol. The largest absolute Gasteiger partial charge is 0.453 e. The highest BCUT2D eigenvalue weighted by Crippen LogP contribution is 2.37. The number of hydrogen-bond donors (Lipinski definition) is 0. The molecule has 0 radical (unpaired) electrons. The van der Waals surface area contributed by atoms with E-state index in [1.807, 2.05) is 0 Å². The van der Waals surface area contributed by atoms with Crippen molar-refractivity contribution in [3.8, 4) is 11.3 Å². The third-order valence-corrected chi connectivity index (χ3v) is 2.30. The van der Waals surface area contributed by atoms with E-state index in [1.54, 1.807) is 0 Å². The number of furan rings is 1.